The molecule has 0 fully saturated rings. The number of nitrogens with zero attached hydrogens (tertiary/aromatic N) is 4. The number of esters is 1. The van der Waals surface area contributed by atoms with Gasteiger partial charge >= 0.3 is 5.97 Å². The van der Waals surface area contributed by atoms with Gasteiger partial charge in [-0.1, -0.05) is 24.3 Å². The Balaban J connectivity index is 2.42. The number of aliphatic hydroxyl groups is 1. The van der Waals surface area contributed by atoms with Gasteiger partial charge in [0.05, 0.1) is 6.61 Å². The van der Waals surface area contributed by atoms with Gasteiger partial charge < -0.3 is 9.84 Å². The van der Waals surface area contributed by atoms with Crippen LogP contribution in [-0.2, 0) is 9.53 Å². The first-order valence-corrected chi connectivity index (χ1v) is 7.05. The third-order valence-corrected chi connectivity index (χ3v) is 3.49. The highest BCUT2D eigenvalue weighted by molar-refractivity contribution is 6.15. The number of carbonyl (C=O) groups excluding carboxylic acids is 1. The molecule has 0 radical (unpaired) electrons. The monoisotopic (exact) mass is 318 g/mol. The summed E-state index contributed by atoms with van der Waals surface area (Å²) < 4.78 is 4.83. The molecule has 0 bridgehead atoms. The minimum Gasteiger partial charge on any atom is -0.505 e. The second-order valence-corrected chi connectivity index (χ2v) is 4.83. The number of aliphatic hydroxyl groups excluding tert-OH is 1. The first-order chi connectivity index (χ1) is 11.6. The van der Waals surface area contributed by atoms with Crippen LogP contribution in [-0.4, -0.2) is 27.7 Å². The van der Waals surface area contributed by atoms with E-state index in [0.29, 0.717) is 16.8 Å². The predicted molar refractivity (Wildman–Crippen MR) is 82.2 cm³/mol. The minimum absolute atomic E-state index is 0.0850. The molecule has 1 aliphatic carbocycles. The number of benzene rings is 1. The molecule has 2 aromatic rings. The Bertz CT molecular complexity index is 1070. The molecule has 0 saturated carbocycles. The summed E-state index contributed by atoms with van der Waals surface area (Å²) in [6, 6.07) is 10.5. The average Bonchev–Trinajstić information content (AvgIpc) is 2.88. The van der Waals surface area contributed by atoms with Crippen molar-refractivity contribution < 1.29 is 14.6 Å². The lowest BCUT2D eigenvalue weighted by Gasteiger charge is -2.02. The van der Waals surface area contributed by atoms with Gasteiger partial charge in [-0.2, -0.15) is 10.5 Å². The molecular formula is C17H10N4O3. The van der Waals surface area contributed by atoms with Crippen LogP contribution in [0.2, 0.25) is 0 Å². The van der Waals surface area contributed by atoms with E-state index >= 15 is 0 Å². The Morgan fingerprint density at radius 1 is 1.25 bits per heavy atom. The lowest BCUT2D eigenvalue weighted by atomic mass is 10.1. The zero-order valence-electron chi connectivity index (χ0n) is 12.6. The van der Waals surface area contributed by atoms with Gasteiger partial charge in [0, 0.05) is 11.1 Å². The van der Waals surface area contributed by atoms with Crippen molar-refractivity contribution in [3.8, 4) is 23.4 Å². The van der Waals surface area contributed by atoms with E-state index in [4.69, 9.17) is 4.74 Å². The molecule has 0 unspecified atom stereocenters. The van der Waals surface area contributed by atoms with Crippen LogP contribution < -0.4 is 10.7 Å². The smallest absolute Gasteiger partial charge is 0.351 e. The topological polar surface area (TPSA) is 120 Å². The largest absolute Gasteiger partial charge is 0.505 e. The van der Waals surface area contributed by atoms with Gasteiger partial charge in [-0.05, 0) is 6.92 Å². The molecule has 1 aliphatic rings. The van der Waals surface area contributed by atoms with E-state index in [9.17, 15) is 20.4 Å². The second kappa shape index (κ2) is 5.82. The molecule has 7 nitrogen and oxygen atoms in total. The molecule has 1 aromatic heterocycles. The zero-order chi connectivity index (χ0) is 17.3. The molecule has 0 aliphatic heterocycles. The van der Waals surface area contributed by atoms with E-state index in [1.165, 1.54) is 0 Å². The predicted octanol–water partition coefficient (Wildman–Crippen LogP) is 0.281. The Morgan fingerprint density at radius 3 is 2.58 bits per heavy atom. The summed E-state index contributed by atoms with van der Waals surface area (Å²) in [6.45, 7) is 1.69. The molecule has 0 amide bonds. The van der Waals surface area contributed by atoms with Gasteiger partial charge in [0.25, 0.3) is 0 Å². The second-order valence-electron chi connectivity index (χ2n) is 4.83. The van der Waals surface area contributed by atoms with Crippen LogP contribution in [0, 0.1) is 22.7 Å². The van der Waals surface area contributed by atoms with Crippen LogP contribution in [0.1, 0.15) is 18.2 Å². The molecule has 116 valence electrons. The molecule has 1 heterocycles. The highest BCUT2D eigenvalue weighted by Gasteiger charge is 2.24. The summed E-state index contributed by atoms with van der Waals surface area (Å²) in [7, 11) is 0. The van der Waals surface area contributed by atoms with Crippen molar-refractivity contribution in [2.24, 2.45) is 0 Å². The van der Waals surface area contributed by atoms with Gasteiger partial charge in [-0.15, -0.1) is 0 Å². The fourth-order valence-corrected chi connectivity index (χ4v) is 2.46. The Kier molecular flexibility index (Phi) is 3.69. The molecule has 3 rings (SSSR count). The van der Waals surface area contributed by atoms with Crippen LogP contribution in [0.3, 0.4) is 0 Å². The zero-order valence-corrected chi connectivity index (χ0v) is 12.6. The van der Waals surface area contributed by atoms with Crippen molar-refractivity contribution in [3.05, 3.63) is 46.2 Å². The molecule has 0 atom stereocenters. The standard InChI is InChI=1S/C17H10N4O3/c1-2-24-17(23)11(7-18)13-12(8-19)20-15-14(21-13)9-5-3-4-6-10(9)16(15)22/h3-6,22H,2H2,1H3. The van der Waals surface area contributed by atoms with Crippen LogP contribution >= 0.6 is 0 Å². The van der Waals surface area contributed by atoms with Crippen molar-refractivity contribution in [2.45, 2.75) is 6.92 Å². The molecule has 0 saturated heterocycles. The van der Waals surface area contributed by atoms with Gasteiger partial charge in [0.15, 0.2) is 17.0 Å². The van der Waals surface area contributed by atoms with E-state index in [1.54, 1.807) is 43.3 Å². The van der Waals surface area contributed by atoms with E-state index in [2.05, 4.69) is 9.97 Å². The number of ether oxygens (including phenoxy) is 1. The van der Waals surface area contributed by atoms with Gasteiger partial charge in [0.2, 0.25) is 0 Å². The molecule has 1 N–H and O–H groups in total. The average molecular weight is 318 g/mol. The van der Waals surface area contributed by atoms with E-state index < -0.39 is 11.5 Å². The minimum atomic E-state index is -0.870. The van der Waals surface area contributed by atoms with Crippen molar-refractivity contribution in [1.29, 1.82) is 10.5 Å². The molecule has 24 heavy (non-hydrogen) atoms. The van der Waals surface area contributed by atoms with E-state index in [0.717, 1.165) is 0 Å². The number of hydrogen-bond acceptors (Lipinski definition) is 7. The fourth-order valence-electron chi connectivity index (χ4n) is 2.46. The normalized spacial score (nSPS) is 12.5. The maximum Gasteiger partial charge on any atom is 0.351 e. The molecular weight excluding hydrogens is 308 g/mol. The highest BCUT2D eigenvalue weighted by atomic mass is 16.5. The number of hydrogen-bond donors (Lipinski definition) is 1. The van der Waals surface area contributed by atoms with Crippen LogP contribution in [0.15, 0.2) is 24.3 Å². The number of nitriles is 2. The van der Waals surface area contributed by atoms with Crippen molar-refractivity contribution in [3.63, 3.8) is 0 Å². The summed E-state index contributed by atoms with van der Waals surface area (Å²) in [5.41, 5.74) is 0.840. The summed E-state index contributed by atoms with van der Waals surface area (Å²) in [5.74, 6) is -0.962. The van der Waals surface area contributed by atoms with Crippen molar-refractivity contribution in [1.82, 2.24) is 9.97 Å². The van der Waals surface area contributed by atoms with Crippen LogP contribution in [0.5, 0.6) is 0 Å². The number of rotatable bonds is 2. The maximum atomic E-state index is 11.9. The number of aromatic nitrogens is 2. The van der Waals surface area contributed by atoms with Crippen molar-refractivity contribution in [2.75, 3.05) is 6.61 Å². The quantitative estimate of drug-likeness (QED) is 0.790. The first kappa shape index (κ1) is 15.2. The fraction of sp³-hybridized carbons (Fsp3) is 0.118. The summed E-state index contributed by atoms with van der Waals surface area (Å²) in [5, 5.41) is 28.8. The summed E-state index contributed by atoms with van der Waals surface area (Å²) in [6.07, 6.45) is 0. The number of carbonyl (C=O) groups is 1. The lowest BCUT2D eigenvalue weighted by molar-refractivity contribution is -0.136. The molecule has 0 spiro atoms. The summed E-state index contributed by atoms with van der Waals surface area (Å²) in [4.78, 5) is 20.3. The Hall–Kier alpha value is -3.71. The van der Waals surface area contributed by atoms with Gasteiger partial charge in [-0.3, -0.25) is 0 Å². The number of fused-ring (bicyclic) bond motifs is 3. The SMILES string of the molecule is CCOC(=O)C(C#N)=c1nc2c(nc1C#N)=C(O)c1ccccc1-2. The molecule has 7 heteroatoms. The maximum absolute atomic E-state index is 11.9. The third kappa shape index (κ3) is 2.16. The van der Waals surface area contributed by atoms with Gasteiger partial charge in [0.1, 0.15) is 28.5 Å². The van der Waals surface area contributed by atoms with Crippen molar-refractivity contribution >= 4 is 17.3 Å². The highest BCUT2D eigenvalue weighted by Crippen LogP contribution is 2.27. The van der Waals surface area contributed by atoms with Gasteiger partial charge in [-0.25, -0.2) is 14.8 Å². The third-order valence-electron chi connectivity index (χ3n) is 3.49. The van der Waals surface area contributed by atoms with Crippen LogP contribution in [0.25, 0.3) is 22.6 Å². The lowest BCUT2D eigenvalue weighted by Crippen LogP contribution is -2.29. The van der Waals surface area contributed by atoms with Crippen LogP contribution in [0.4, 0.5) is 0 Å². The summed E-state index contributed by atoms with van der Waals surface area (Å²) >= 11 is 0. The van der Waals surface area contributed by atoms with E-state index in [1.807, 2.05) is 0 Å². The first-order valence-electron chi connectivity index (χ1n) is 7.05. The Labute approximate surface area is 136 Å². The Morgan fingerprint density at radius 2 is 1.96 bits per heavy atom. The van der Waals surface area contributed by atoms with E-state index in [-0.39, 0.29) is 28.8 Å². The molecule has 1 aromatic carbocycles.